The highest BCUT2D eigenvalue weighted by Crippen LogP contribution is 2.35. The quantitative estimate of drug-likeness (QED) is 0.732. The van der Waals surface area contributed by atoms with Crippen LogP contribution in [0.1, 0.15) is 46.5 Å². The van der Waals surface area contributed by atoms with Crippen molar-refractivity contribution in [1.82, 2.24) is 5.32 Å². The predicted molar refractivity (Wildman–Crippen MR) is 65.1 cm³/mol. The minimum Gasteiger partial charge on any atom is -0.379 e. The number of nitrogens with one attached hydrogen (secondary N) is 1. The van der Waals surface area contributed by atoms with E-state index in [9.17, 15) is 0 Å². The zero-order chi connectivity index (χ0) is 11.5. The molecule has 0 saturated heterocycles. The Hall–Kier alpha value is -0.0800. The highest BCUT2D eigenvalue weighted by molar-refractivity contribution is 4.87. The van der Waals surface area contributed by atoms with Gasteiger partial charge in [0.1, 0.15) is 0 Å². The Balaban J connectivity index is 2.44. The summed E-state index contributed by atoms with van der Waals surface area (Å²) in [5.41, 5.74) is 0.214. The first-order valence-corrected chi connectivity index (χ1v) is 6.19. The minimum absolute atomic E-state index is 0.214. The van der Waals surface area contributed by atoms with Crippen molar-refractivity contribution >= 4 is 0 Å². The van der Waals surface area contributed by atoms with E-state index in [4.69, 9.17) is 4.74 Å². The van der Waals surface area contributed by atoms with Gasteiger partial charge in [-0.3, -0.25) is 0 Å². The number of hydrogen-bond acceptors (Lipinski definition) is 2. The smallest absolute Gasteiger partial charge is 0.0772 e. The zero-order valence-electron chi connectivity index (χ0n) is 11.0. The van der Waals surface area contributed by atoms with Crippen molar-refractivity contribution in [3.8, 4) is 0 Å². The highest BCUT2D eigenvalue weighted by atomic mass is 16.5. The fourth-order valence-corrected chi connectivity index (χ4v) is 2.39. The number of ether oxygens (including phenoxy) is 1. The largest absolute Gasteiger partial charge is 0.379 e. The molecule has 0 aromatic heterocycles. The number of likely N-dealkylation sites (N-methyl/N-ethyl adjacent to an activating group) is 1. The molecule has 2 unspecified atom stereocenters. The van der Waals surface area contributed by atoms with Crippen LogP contribution in [-0.4, -0.2) is 26.3 Å². The third-order valence-corrected chi connectivity index (χ3v) is 3.43. The van der Waals surface area contributed by atoms with Gasteiger partial charge in [0.2, 0.25) is 0 Å². The maximum atomic E-state index is 5.66. The maximum Gasteiger partial charge on any atom is 0.0772 e. The molecule has 2 heteroatoms. The number of hydrogen-bond donors (Lipinski definition) is 1. The molecule has 2 atom stereocenters. The van der Waals surface area contributed by atoms with Crippen LogP contribution in [0.5, 0.6) is 0 Å². The van der Waals surface area contributed by atoms with Crippen molar-refractivity contribution in [3.63, 3.8) is 0 Å². The highest BCUT2D eigenvalue weighted by Gasteiger charge is 2.32. The Morgan fingerprint density at radius 1 is 1.33 bits per heavy atom. The summed E-state index contributed by atoms with van der Waals surface area (Å²) in [5, 5.41) is 3.42. The second-order valence-corrected chi connectivity index (χ2v) is 5.94. The zero-order valence-corrected chi connectivity index (χ0v) is 11.0. The van der Waals surface area contributed by atoms with Crippen LogP contribution in [0.3, 0.4) is 0 Å². The molecule has 90 valence electrons. The molecule has 0 aromatic rings. The van der Waals surface area contributed by atoms with E-state index >= 15 is 0 Å². The summed E-state index contributed by atoms with van der Waals surface area (Å²) >= 11 is 0. The van der Waals surface area contributed by atoms with Crippen molar-refractivity contribution in [2.75, 3.05) is 14.2 Å². The SMILES string of the molecule is CNC(CCC1CC1)C(OC)C(C)(C)C. The lowest BCUT2D eigenvalue weighted by Crippen LogP contribution is -2.46. The van der Waals surface area contributed by atoms with Crippen LogP contribution in [0.15, 0.2) is 0 Å². The lowest BCUT2D eigenvalue weighted by Gasteiger charge is -2.36. The summed E-state index contributed by atoms with van der Waals surface area (Å²) in [7, 11) is 3.88. The standard InChI is InChI=1S/C13H27NO/c1-13(2,3)12(15-5)11(14-4)9-8-10-6-7-10/h10-12,14H,6-9H2,1-5H3. The molecule has 0 aliphatic heterocycles. The first kappa shape index (κ1) is 13.0. The van der Waals surface area contributed by atoms with Crippen LogP contribution >= 0.6 is 0 Å². The fraction of sp³-hybridized carbons (Fsp3) is 1.00. The summed E-state index contributed by atoms with van der Waals surface area (Å²) in [4.78, 5) is 0. The van der Waals surface area contributed by atoms with Gasteiger partial charge in [-0.15, -0.1) is 0 Å². The van der Waals surface area contributed by atoms with E-state index in [1.165, 1.54) is 25.7 Å². The Kier molecular flexibility index (Phi) is 4.60. The second kappa shape index (κ2) is 5.31. The van der Waals surface area contributed by atoms with E-state index in [2.05, 4.69) is 33.1 Å². The molecule has 0 amide bonds. The molecule has 0 heterocycles. The van der Waals surface area contributed by atoms with E-state index in [1.54, 1.807) is 0 Å². The lowest BCUT2D eigenvalue weighted by molar-refractivity contribution is -0.0120. The van der Waals surface area contributed by atoms with Crippen LogP contribution in [0.2, 0.25) is 0 Å². The maximum absolute atomic E-state index is 5.66. The van der Waals surface area contributed by atoms with Crippen LogP contribution in [0.25, 0.3) is 0 Å². The van der Waals surface area contributed by atoms with Crippen molar-refractivity contribution in [1.29, 1.82) is 0 Å². The molecule has 2 nitrogen and oxygen atoms in total. The van der Waals surface area contributed by atoms with Gasteiger partial charge in [-0.1, -0.05) is 33.6 Å². The summed E-state index contributed by atoms with van der Waals surface area (Å²) in [5.74, 6) is 1.01. The van der Waals surface area contributed by atoms with Gasteiger partial charge in [0, 0.05) is 13.2 Å². The average Bonchev–Trinajstić information content (AvgIpc) is 2.93. The Morgan fingerprint density at radius 2 is 1.93 bits per heavy atom. The number of methoxy groups -OCH3 is 1. The first-order valence-electron chi connectivity index (χ1n) is 6.19. The Bertz CT molecular complexity index is 181. The molecule has 0 aromatic carbocycles. The molecule has 1 N–H and O–H groups in total. The van der Waals surface area contributed by atoms with Crippen molar-refractivity contribution in [2.24, 2.45) is 11.3 Å². The molecule has 1 fully saturated rings. The number of rotatable bonds is 6. The predicted octanol–water partition coefficient (Wildman–Crippen LogP) is 2.83. The Labute approximate surface area is 94.8 Å². The van der Waals surface area contributed by atoms with Gasteiger partial charge in [0.05, 0.1) is 6.10 Å². The molecule has 0 bridgehead atoms. The summed E-state index contributed by atoms with van der Waals surface area (Å²) in [6.45, 7) is 6.76. The normalized spacial score (nSPS) is 21.4. The third kappa shape index (κ3) is 4.12. The molecule has 1 saturated carbocycles. The molecule has 0 spiro atoms. The molecule has 15 heavy (non-hydrogen) atoms. The second-order valence-electron chi connectivity index (χ2n) is 5.94. The van der Waals surface area contributed by atoms with Gasteiger partial charge in [0.25, 0.3) is 0 Å². The topological polar surface area (TPSA) is 21.3 Å². The van der Waals surface area contributed by atoms with Gasteiger partial charge in [-0.2, -0.15) is 0 Å². The molecule has 1 aliphatic rings. The molecular weight excluding hydrogens is 186 g/mol. The van der Waals surface area contributed by atoms with Crippen LogP contribution < -0.4 is 5.32 Å². The van der Waals surface area contributed by atoms with Gasteiger partial charge in [-0.05, 0) is 31.2 Å². The van der Waals surface area contributed by atoms with Crippen LogP contribution in [-0.2, 0) is 4.74 Å². The molecular formula is C13H27NO. The van der Waals surface area contributed by atoms with Crippen molar-refractivity contribution in [3.05, 3.63) is 0 Å². The van der Waals surface area contributed by atoms with E-state index in [0.29, 0.717) is 12.1 Å². The molecule has 0 radical (unpaired) electrons. The Morgan fingerprint density at radius 3 is 2.27 bits per heavy atom. The average molecular weight is 213 g/mol. The van der Waals surface area contributed by atoms with E-state index < -0.39 is 0 Å². The van der Waals surface area contributed by atoms with Crippen LogP contribution in [0, 0.1) is 11.3 Å². The summed E-state index contributed by atoms with van der Waals surface area (Å²) in [6, 6.07) is 0.496. The monoisotopic (exact) mass is 213 g/mol. The van der Waals surface area contributed by atoms with Crippen molar-refractivity contribution < 1.29 is 4.74 Å². The van der Waals surface area contributed by atoms with Gasteiger partial charge >= 0.3 is 0 Å². The molecule has 1 aliphatic carbocycles. The van der Waals surface area contributed by atoms with Crippen molar-refractivity contribution in [2.45, 2.75) is 58.6 Å². The third-order valence-electron chi connectivity index (χ3n) is 3.43. The summed E-state index contributed by atoms with van der Waals surface area (Å²) < 4.78 is 5.66. The lowest BCUT2D eigenvalue weighted by atomic mass is 9.82. The van der Waals surface area contributed by atoms with E-state index in [-0.39, 0.29) is 5.41 Å². The van der Waals surface area contributed by atoms with Crippen LogP contribution in [0.4, 0.5) is 0 Å². The fourth-order valence-electron chi connectivity index (χ4n) is 2.39. The van der Waals surface area contributed by atoms with Gasteiger partial charge in [-0.25, -0.2) is 0 Å². The molecule has 1 rings (SSSR count). The minimum atomic E-state index is 0.214. The van der Waals surface area contributed by atoms with Gasteiger partial charge < -0.3 is 10.1 Å². The van der Waals surface area contributed by atoms with E-state index in [0.717, 1.165) is 5.92 Å². The van der Waals surface area contributed by atoms with E-state index in [1.807, 2.05) is 7.11 Å². The van der Waals surface area contributed by atoms with Gasteiger partial charge in [0.15, 0.2) is 0 Å². The summed E-state index contributed by atoms with van der Waals surface area (Å²) in [6.07, 6.45) is 5.81. The first-order chi connectivity index (χ1) is 6.99.